The Morgan fingerprint density at radius 3 is 2.30 bits per heavy atom. The summed E-state index contributed by atoms with van der Waals surface area (Å²) >= 11 is 11.7. The number of rotatable bonds is 4. The van der Waals surface area contributed by atoms with Crippen molar-refractivity contribution in [1.82, 2.24) is 0 Å². The number of alkyl halides is 3. The topological polar surface area (TPSA) is 45.0 Å². The van der Waals surface area contributed by atoms with Gasteiger partial charge in [-0.15, -0.1) is 0 Å². The van der Waals surface area contributed by atoms with E-state index in [4.69, 9.17) is 23.2 Å². The Balaban J connectivity index is 3.40. The van der Waals surface area contributed by atoms with Gasteiger partial charge in [0.05, 0.1) is 21.9 Å². The van der Waals surface area contributed by atoms with Crippen LogP contribution in [0.25, 0.3) is 5.70 Å². The van der Waals surface area contributed by atoms with Gasteiger partial charge in [-0.1, -0.05) is 35.3 Å². The summed E-state index contributed by atoms with van der Waals surface area (Å²) < 4.78 is 37.4. The van der Waals surface area contributed by atoms with Gasteiger partial charge in [-0.25, -0.2) is 0 Å². The molecule has 1 unspecified atom stereocenters. The third-order valence-electron chi connectivity index (χ3n) is 2.38. The molecule has 0 heterocycles. The molecule has 1 rings (SSSR count). The number of hydrogen-bond acceptors (Lipinski definition) is 3. The van der Waals surface area contributed by atoms with Gasteiger partial charge in [-0.3, -0.25) is 9.98 Å². The van der Waals surface area contributed by atoms with Crippen LogP contribution in [0.3, 0.4) is 0 Å². The summed E-state index contributed by atoms with van der Waals surface area (Å²) in [6.45, 7) is 6.51. The zero-order chi connectivity index (χ0) is 15.5. The summed E-state index contributed by atoms with van der Waals surface area (Å²) in [6.07, 6.45) is -6.33. The Kier molecular flexibility index (Phi) is 5.33. The standard InChI is InChI=1S/C12H9Cl2F3N2O/c1-18-5-8(19-2)6-3-4-7(10(14)9(6)13)11(20)12(15,16)17/h3-5,11,20H,1-2H2/b8-5-. The molecule has 0 aliphatic heterocycles. The van der Waals surface area contributed by atoms with Gasteiger partial charge in [0.25, 0.3) is 0 Å². The first-order valence-electron chi connectivity index (χ1n) is 5.09. The average molecular weight is 325 g/mol. The van der Waals surface area contributed by atoms with E-state index in [9.17, 15) is 18.3 Å². The number of aliphatic hydroxyl groups excluding tert-OH is 1. The van der Waals surface area contributed by atoms with Gasteiger partial charge in [0.1, 0.15) is 0 Å². The van der Waals surface area contributed by atoms with Crippen molar-refractivity contribution in [2.24, 2.45) is 9.98 Å². The van der Waals surface area contributed by atoms with Crippen molar-refractivity contribution < 1.29 is 18.3 Å². The Labute approximate surface area is 123 Å². The Bertz CT molecular complexity index is 571. The first-order chi connectivity index (χ1) is 9.23. The van der Waals surface area contributed by atoms with E-state index < -0.39 is 22.9 Å². The van der Waals surface area contributed by atoms with E-state index in [-0.39, 0.29) is 16.3 Å². The minimum atomic E-state index is -4.84. The molecular weight excluding hydrogens is 316 g/mol. The minimum Gasteiger partial charge on any atom is -0.379 e. The van der Waals surface area contributed by atoms with Crippen LogP contribution in [0, 0.1) is 0 Å². The lowest BCUT2D eigenvalue weighted by Crippen LogP contribution is -2.20. The van der Waals surface area contributed by atoms with Crippen LogP contribution < -0.4 is 0 Å². The molecule has 3 nitrogen and oxygen atoms in total. The number of aliphatic hydroxyl groups is 1. The molecule has 1 aromatic rings. The molecule has 0 amide bonds. The fourth-order valence-corrected chi connectivity index (χ4v) is 1.97. The van der Waals surface area contributed by atoms with Crippen molar-refractivity contribution in [3.05, 3.63) is 39.5 Å². The maximum absolute atomic E-state index is 12.5. The molecular formula is C12H9Cl2F3N2O. The smallest absolute Gasteiger partial charge is 0.379 e. The van der Waals surface area contributed by atoms with Gasteiger partial charge in [-0.05, 0) is 13.4 Å². The Morgan fingerprint density at radius 1 is 1.25 bits per heavy atom. The maximum atomic E-state index is 12.5. The molecule has 8 heteroatoms. The first kappa shape index (κ1) is 16.7. The molecule has 0 radical (unpaired) electrons. The molecule has 0 saturated heterocycles. The second-order valence-electron chi connectivity index (χ2n) is 3.63. The Morgan fingerprint density at radius 2 is 1.85 bits per heavy atom. The molecule has 0 aromatic heterocycles. The number of benzene rings is 1. The number of halogens is 5. The molecule has 0 spiro atoms. The van der Waals surface area contributed by atoms with Gasteiger partial charge in [0.15, 0.2) is 6.10 Å². The van der Waals surface area contributed by atoms with Crippen molar-refractivity contribution in [3.63, 3.8) is 0 Å². The van der Waals surface area contributed by atoms with Crippen molar-refractivity contribution in [1.29, 1.82) is 0 Å². The summed E-state index contributed by atoms with van der Waals surface area (Å²) in [5.74, 6) is 0. The van der Waals surface area contributed by atoms with Crippen LogP contribution in [0.1, 0.15) is 17.2 Å². The molecule has 0 aliphatic carbocycles. The van der Waals surface area contributed by atoms with Crippen LogP contribution in [0.4, 0.5) is 13.2 Å². The third kappa shape index (κ3) is 3.39. The van der Waals surface area contributed by atoms with E-state index in [0.717, 1.165) is 6.07 Å². The predicted molar refractivity (Wildman–Crippen MR) is 74.6 cm³/mol. The second-order valence-corrected chi connectivity index (χ2v) is 4.39. The lowest BCUT2D eigenvalue weighted by atomic mass is 10.0. The SMILES string of the molecule is C=N/C=C(\N=C)c1ccc(C(O)C(F)(F)F)c(Cl)c1Cl. The molecule has 1 atom stereocenters. The van der Waals surface area contributed by atoms with E-state index >= 15 is 0 Å². The average Bonchev–Trinajstić information content (AvgIpc) is 2.38. The van der Waals surface area contributed by atoms with E-state index in [1.807, 2.05) is 0 Å². The highest BCUT2D eigenvalue weighted by Crippen LogP contribution is 2.41. The zero-order valence-electron chi connectivity index (χ0n) is 9.96. The van der Waals surface area contributed by atoms with Crippen LogP contribution in [0.5, 0.6) is 0 Å². The van der Waals surface area contributed by atoms with Crippen molar-refractivity contribution in [2.75, 3.05) is 0 Å². The van der Waals surface area contributed by atoms with Gasteiger partial charge in [-0.2, -0.15) is 13.2 Å². The van der Waals surface area contributed by atoms with Crippen LogP contribution in [0.15, 0.2) is 28.3 Å². The third-order valence-corrected chi connectivity index (χ3v) is 3.27. The van der Waals surface area contributed by atoms with Gasteiger partial charge in [0.2, 0.25) is 0 Å². The highest BCUT2D eigenvalue weighted by Gasteiger charge is 2.41. The molecule has 0 saturated carbocycles. The zero-order valence-corrected chi connectivity index (χ0v) is 11.5. The number of hydrogen-bond donors (Lipinski definition) is 1. The normalized spacial score (nSPS) is 14.0. The highest BCUT2D eigenvalue weighted by molar-refractivity contribution is 6.43. The van der Waals surface area contributed by atoms with E-state index in [1.54, 1.807) is 0 Å². The largest absolute Gasteiger partial charge is 0.418 e. The number of nitrogens with zero attached hydrogens (tertiary/aromatic N) is 2. The highest BCUT2D eigenvalue weighted by atomic mass is 35.5. The van der Waals surface area contributed by atoms with Crippen molar-refractivity contribution >= 4 is 42.3 Å². The summed E-state index contributed by atoms with van der Waals surface area (Å²) in [5, 5.41) is 8.61. The summed E-state index contributed by atoms with van der Waals surface area (Å²) in [4.78, 5) is 7.10. The summed E-state index contributed by atoms with van der Waals surface area (Å²) in [6, 6.07) is 2.26. The lowest BCUT2D eigenvalue weighted by Gasteiger charge is -2.18. The quantitative estimate of drug-likeness (QED) is 0.825. The van der Waals surface area contributed by atoms with Crippen molar-refractivity contribution in [2.45, 2.75) is 12.3 Å². The van der Waals surface area contributed by atoms with Crippen LogP contribution in [0.2, 0.25) is 10.0 Å². The van der Waals surface area contributed by atoms with Crippen LogP contribution in [-0.4, -0.2) is 24.7 Å². The fraction of sp³-hybridized carbons (Fsp3) is 0.167. The van der Waals surface area contributed by atoms with Crippen molar-refractivity contribution in [3.8, 4) is 0 Å². The van der Waals surface area contributed by atoms with E-state index in [1.165, 1.54) is 12.3 Å². The monoisotopic (exact) mass is 324 g/mol. The predicted octanol–water partition coefficient (Wildman–Crippen LogP) is 4.29. The number of aliphatic imine (C=N–C) groups is 2. The van der Waals surface area contributed by atoms with E-state index in [2.05, 4.69) is 23.4 Å². The molecule has 0 aliphatic rings. The second kappa shape index (κ2) is 6.39. The maximum Gasteiger partial charge on any atom is 0.418 e. The first-order valence-corrected chi connectivity index (χ1v) is 5.85. The molecule has 20 heavy (non-hydrogen) atoms. The minimum absolute atomic E-state index is 0.185. The summed E-state index contributed by atoms with van der Waals surface area (Å²) in [5.41, 5.74) is -0.111. The van der Waals surface area contributed by atoms with Crippen LogP contribution in [-0.2, 0) is 0 Å². The van der Waals surface area contributed by atoms with Gasteiger partial charge < -0.3 is 5.11 Å². The lowest BCUT2D eigenvalue weighted by molar-refractivity contribution is -0.206. The molecule has 0 bridgehead atoms. The molecule has 108 valence electrons. The molecule has 0 fully saturated rings. The van der Waals surface area contributed by atoms with Gasteiger partial charge in [0, 0.05) is 11.1 Å². The van der Waals surface area contributed by atoms with Gasteiger partial charge >= 0.3 is 6.18 Å². The molecule has 1 N–H and O–H groups in total. The molecule has 1 aromatic carbocycles. The Hall–Kier alpha value is -1.37. The van der Waals surface area contributed by atoms with E-state index in [0.29, 0.717) is 0 Å². The fourth-order valence-electron chi connectivity index (χ4n) is 1.43. The van der Waals surface area contributed by atoms with Crippen LogP contribution >= 0.6 is 23.2 Å². The summed E-state index contributed by atoms with van der Waals surface area (Å²) in [7, 11) is 0.